The number of aryl methyl sites for hydroxylation is 1. The maximum atomic E-state index is 12.6. The normalized spacial score (nSPS) is 18.4. The Morgan fingerprint density at radius 2 is 2.07 bits per heavy atom. The fourth-order valence-electron chi connectivity index (χ4n) is 4.40. The van der Waals surface area contributed by atoms with Gasteiger partial charge in [0.05, 0.1) is 11.3 Å². The summed E-state index contributed by atoms with van der Waals surface area (Å²) in [6, 6.07) is 4.17. The van der Waals surface area contributed by atoms with Gasteiger partial charge in [-0.3, -0.25) is 19.8 Å². The van der Waals surface area contributed by atoms with Gasteiger partial charge in [-0.25, -0.2) is 0 Å². The first-order valence-electron chi connectivity index (χ1n) is 10.2. The van der Waals surface area contributed by atoms with Crippen LogP contribution in [-0.2, 0) is 19.4 Å². The summed E-state index contributed by atoms with van der Waals surface area (Å²) >= 11 is 0. The molecular formula is C21H29N5O. The zero-order chi connectivity index (χ0) is 18.6. The van der Waals surface area contributed by atoms with Gasteiger partial charge in [0.2, 0.25) is 0 Å². The number of nitrogens with one attached hydrogen (secondary N) is 1. The molecule has 2 aromatic rings. The van der Waals surface area contributed by atoms with Crippen molar-refractivity contribution >= 4 is 5.91 Å². The number of aromatic nitrogens is 3. The number of pyridine rings is 1. The number of aromatic amines is 1. The summed E-state index contributed by atoms with van der Waals surface area (Å²) in [6.07, 6.45) is 11.5. The van der Waals surface area contributed by atoms with Gasteiger partial charge in [-0.2, -0.15) is 5.10 Å². The molecule has 0 aromatic carbocycles. The fraction of sp³-hybridized carbons (Fsp3) is 0.571. The van der Waals surface area contributed by atoms with E-state index in [0.29, 0.717) is 11.6 Å². The molecule has 4 rings (SSSR count). The zero-order valence-corrected chi connectivity index (χ0v) is 16.2. The molecule has 0 unspecified atom stereocenters. The average molecular weight is 367 g/mol. The van der Waals surface area contributed by atoms with E-state index < -0.39 is 0 Å². The Kier molecular flexibility index (Phi) is 5.53. The molecule has 6 heteroatoms. The minimum atomic E-state index is 0.0989. The second-order valence-corrected chi connectivity index (χ2v) is 7.87. The lowest BCUT2D eigenvalue weighted by Gasteiger charge is -2.36. The molecule has 0 saturated carbocycles. The predicted molar refractivity (Wildman–Crippen MR) is 104 cm³/mol. The summed E-state index contributed by atoms with van der Waals surface area (Å²) < 4.78 is 0. The monoisotopic (exact) mass is 367 g/mol. The van der Waals surface area contributed by atoms with Crippen LogP contribution in [0.4, 0.5) is 0 Å². The van der Waals surface area contributed by atoms with E-state index in [2.05, 4.69) is 27.1 Å². The maximum Gasteiger partial charge on any atom is 0.255 e. The highest BCUT2D eigenvalue weighted by Gasteiger charge is 2.27. The van der Waals surface area contributed by atoms with Crippen LogP contribution >= 0.6 is 0 Å². The van der Waals surface area contributed by atoms with Crippen molar-refractivity contribution < 1.29 is 4.79 Å². The third-order valence-electron chi connectivity index (χ3n) is 6.07. The number of H-pyrrole nitrogens is 1. The van der Waals surface area contributed by atoms with E-state index in [1.807, 2.05) is 17.0 Å². The maximum absolute atomic E-state index is 12.6. The number of amides is 1. The zero-order valence-electron chi connectivity index (χ0n) is 16.2. The van der Waals surface area contributed by atoms with Gasteiger partial charge >= 0.3 is 0 Å². The van der Waals surface area contributed by atoms with Crippen molar-refractivity contribution in [2.75, 3.05) is 20.1 Å². The molecule has 1 N–H and O–H groups in total. The Hall–Kier alpha value is -2.21. The largest absolute Gasteiger partial charge is 0.338 e. The van der Waals surface area contributed by atoms with E-state index in [-0.39, 0.29) is 5.91 Å². The molecule has 2 aliphatic rings. The van der Waals surface area contributed by atoms with Crippen LogP contribution in [0, 0.1) is 0 Å². The van der Waals surface area contributed by atoms with Crippen LogP contribution < -0.4 is 0 Å². The van der Waals surface area contributed by atoms with Gasteiger partial charge in [0, 0.05) is 43.8 Å². The molecule has 3 heterocycles. The smallest absolute Gasteiger partial charge is 0.255 e. The number of nitrogens with zero attached hydrogens (tertiary/aromatic N) is 4. The minimum absolute atomic E-state index is 0.0989. The van der Waals surface area contributed by atoms with E-state index in [0.717, 1.165) is 45.3 Å². The van der Waals surface area contributed by atoms with Gasteiger partial charge in [-0.05, 0) is 63.3 Å². The molecular weight excluding hydrogens is 338 g/mol. The Morgan fingerprint density at radius 1 is 1.26 bits per heavy atom. The molecule has 0 spiro atoms. The van der Waals surface area contributed by atoms with Crippen LogP contribution in [0.2, 0.25) is 0 Å². The van der Waals surface area contributed by atoms with Crippen molar-refractivity contribution in [1.29, 1.82) is 0 Å². The second-order valence-electron chi connectivity index (χ2n) is 7.87. The Balaban J connectivity index is 1.33. The Labute approximate surface area is 161 Å². The first-order valence-corrected chi connectivity index (χ1v) is 10.2. The molecule has 0 atom stereocenters. The standard InChI is InChI=1S/C21H29N5O/c1-25(15-20-18-7-3-2-4-8-19(18)23-24-20)17-9-12-26(13-10-17)21(27)16-6-5-11-22-14-16/h5-6,11,14,17H,2-4,7-10,12-13,15H2,1H3,(H,23,24). The summed E-state index contributed by atoms with van der Waals surface area (Å²) in [5.74, 6) is 0.0989. The summed E-state index contributed by atoms with van der Waals surface area (Å²) in [6.45, 7) is 2.51. The molecule has 0 bridgehead atoms. The van der Waals surface area contributed by atoms with Crippen LogP contribution in [0.5, 0.6) is 0 Å². The average Bonchev–Trinajstić information content (AvgIpc) is 2.94. The number of carbonyl (C=O) groups is 1. The minimum Gasteiger partial charge on any atom is -0.338 e. The summed E-state index contributed by atoms with van der Waals surface area (Å²) in [7, 11) is 2.20. The highest BCUT2D eigenvalue weighted by atomic mass is 16.2. The molecule has 1 fully saturated rings. The number of piperidine rings is 1. The van der Waals surface area contributed by atoms with E-state index in [1.165, 1.54) is 36.2 Å². The molecule has 6 nitrogen and oxygen atoms in total. The lowest BCUT2D eigenvalue weighted by atomic mass is 10.0. The third-order valence-corrected chi connectivity index (χ3v) is 6.07. The van der Waals surface area contributed by atoms with Crippen molar-refractivity contribution in [2.45, 2.75) is 57.5 Å². The van der Waals surface area contributed by atoms with Crippen LogP contribution in [-0.4, -0.2) is 57.1 Å². The number of carbonyl (C=O) groups excluding carboxylic acids is 1. The molecule has 1 amide bonds. The van der Waals surface area contributed by atoms with Gasteiger partial charge in [0.15, 0.2) is 0 Å². The van der Waals surface area contributed by atoms with Gasteiger partial charge in [0.1, 0.15) is 0 Å². The number of hydrogen-bond acceptors (Lipinski definition) is 4. The predicted octanol–water partition coefficient (Wildman–Crippen LogP) is 2.81. The molecule has 1 saturated heterocycles. The Morgan fingerprint density at radius 3 is 2.85 bits per heavy atom. The second kappa shape index (κ2) is 8.21. The SMILES string of the molecule is CN(Cc1n[nH]c2c1CCCCC2)C1CCN(C(=O)c2cccnc2)CC1. The summed E-state index contributed by atoms with van der Waals surface area (Å²) in [4.78, 5) is 21.0. The van der Waals surface area contributed by atoms with Gasteiger partial charge in [-0.15, -0.1) is 0 Å². The fourth-order valence-corrected chi connectivity index (χ4v) is 4.40. The highest BCUT2D eigenvalue weighted by molar-refractivity contribution is 5.93. The lowest BCUT2D eigenvalue weighted by molar-refractivity contribution is 0.0638. The molecule has 1 aliphatic carbocycles. The van der Waals surface area contributed by atoms with Crippen LogP contribution in [0.15, 0.2) is 24.5 Å². The summed E-state index contributed by atoms with van der Waals surface area (Å²) in [5.41, 5.74) is 4.73. The van der Waals surface area contributed by atoms with E-state index in [1.54, 1.807) is 12.4 Å². The first-order chi connectivity index (χ1) is 13.2. The quantitative estimate of drug-likeness (QED) is 0.844. The number of hydrogen-bond donors (Lipinski definition) is 1. The van der Waals surface area contributed by atoms with Crippen molar-refractivity contribution in [3.8, 4) is 0 Å². The number of fused-ring (bicyclic) bond motifs is 1. The topological polar surface area (TPSA) is 65.1 Å². The number of likely N-dealkylation sites (tertiary alicyclic amines) is 1. The van der Waals surface area contributed by atoms with Crippen molar-refractivity contribution in [3.05, 3.63) is 47.0 Å². The molecule has 27 heavy (non-hydrogen) atoms. The number of rotatable bonds is 4. The van der Waals surface area contributed by atoms with E-state index in [4.69, 9.17) is 0 Å². The van der Waals surface area contributed by atoms with Crippen LogP contribution in [0.25, 0.3) is 0 Å². The Bertz CT molecular complexity index is 764. The van der Waals surface area contributed by atoms with Crippen LogP contribution in [0.3, 0.4) is 0 Å². The van der Waals surface area contributed by atoms with E-state index >= 15 is 0 Å². The van der Waals surface area contributed by atoms with Crippen molar-refractivity contribution in [1.82, 2.24) is 25.0 Å². The molecule has 2 aromatic heterocycles. The lowest BCUT2D eigenvalue weighted by Crippen LogP contribution is -2.45. The van der Waals surface area contributed by atoms with Gasteiger partial charge in [0.25, 0.3) is 5.91 Å². The van der Waals surface area contributed by atoms with Crippen LogP contribution in [0.1, 0.15) is 59.4 Å². The van der Waals surface area contributed by atoms with Crippen molar-refractivity contribution in [2.24, 2.45) is 0 Å². The van der Waals surface area contributed by atoms with E-state index in [9.17, 15) is 4.79 Å². The van der Waals surface area contributed by atoms with Crippen molar-refractivity contribution in [3.63, 3.8) is 0 Å². The van der Waals surface area contributed by atoms with Gasteiger partial charge in [-0.1, -0.05) is 6.42 Å². The highest BCUT2D eigenvalue weighted by Crippen LogP contribution is 2.24. The third kappa shape index (κ3) is 4.05. The first kappa shape index (κ1) is 18.2. The molecule has 0 radical (unpaired) electrons. The molecule has 1 aliphatic heterocycles. The van der Waals surface area contributed by atoms with Gasteiger partial charge < -0.3 is 4.90 Å². The summed E-state index contributed by atoms with van der Waals surface area (Å²) in [5, 5.41) is 7.90. The molecule has 144 valence electrons.